The minimum absolute atomic E-state index is 0.0537. The number of hydrogen-bond acceptors (Lipinski definition) is 5. The van der Waals surface area contributed by atoms with Crippen molar-refractivity contribution in [2.75, 3.05) is 0 Å². The van der Waals surface area contributed by atoms with E-state index in [4.69, 9.17) is 5.11 Å². The maximum atomic E-state index is 11.7. The van der Waals surface area contributed by atoms with Crippen LogP contribution in [0.4, 0.5) is 0 Å². The summed E-state index contributed by atoms with van der Waals surface area (Å²) in [6.07, 6.45) is 1.04. The van der Waals surface area contributed by atoms with Crippen molar-refractivity contribution in [3.63, 3.8) is 0 Å². The molecule has 2 amide bonds. The standard InChI is InChI=1S/C14H14N2O6S/c1-8(17)15-11(14(19)20)6-9-2-4-10(5-3-9)12-7-13(18)16-23(12,21)22/h2-5,7,11H,6H2,1H3,(H,15,17)(H,16,18)(H,19,20)/t11-/m0/s1. The third-order valence-corrected chi connectivity index (χ3v) is 4.54. The third-order valence-electron chi connectivity index (χ3n) is 3.14. The molecule has 0 saturated carbocycles. The van der Waals surface area contributed by atoms with Crippen molar-refractivity contribution in [3.05, 3.63) is 41.5 Å². The summed E-state index contributed by atoms with van der Waals surface area (Å²) in [5.74, 6) is -2.33. The van der Waals surface area contributed by atoms with E-state index in [0.29, 0.717) is 11.1 Å². The number of carbonyl (C=O) groups excluding carboxylic acids is 2. The molecule has 0 unspecified atom stereocenters. The number of aliphatic carboxylic acids is 1. The van der Waals surface area contributed by atoms with Crippen molar-refractivity contribution >= 4 is 32.7 Å². The predicted octanol–water partition coefficient (Wildman–Crippen LogP) is -0.381. The van der Waals surface area contributed by atoms with Crippen molar-refractivity contribution in [2.24, 2.45) is 0 Å². The van der Waals surface area contributed by atoms with Crippen LogP contribution in [-0.2, 0) is 30.8 Å². The highest BCUT2D eigenvalue weighted by Crippen LogP contribution is 2.24. The summed E-state index contributed by atoms with van der Waals surface area (Å²) in [4.78, 5) is 33.1. The molecule has 0 fully saturated rings. The molecule has 8 nitrogen and oxygen atoms in total. The summed E-state index contributed by atoms with van der Waals surface area (Å²) in [6.45, 7) is 1.22. The summed E-state index contributed by atoms with van der Waals surface area (Å²) in [7, 11) is -3.84. The number of carbonyl (C=O) groups is 3. The van der Waals surface area contributed by atoms with Gasteiger partial charge in [-0.3, -0.25) is 9.59 Å². The molecule has 0 spiro atoms. The van der Waals surface area contributed by atoms with Gasteiger partial charge in [-0.05, 0) is 11.1 Å². The Bertz CT molecular complexity index is 795. The molecule has 0 aliphatic carbocycles. The first-order valence-corrected chi connectivity index (χ1v) is 8.05. The molecule has 122 valence electrons. The molecule has 0 saturated heterocycles. The molecule has 23 heavy (non-hydrogen) atoms. The zero-order chi connectivity index (χ0) is 17.2. The molecular formula is C14H14N2O6S. The monoisotopic (exact) mass is 338 g/mol. The van der Waals surface area contributed by atoms with Crippen LogP contribution in [-0.4, -0.2) is 37.3 Å². The SMILES string of the molecule is CC(=O)N[C@@H](Cc1ccc(C2=CC(=O)NS2(=O)=O)cc1)C(=O)O. The van der Waals surface area contributed by atoms with Crippen LogP contribution in [0.5, 0.6) is 0 Å². The van der Waals surface area contributed by atoms with Crippen LogP contribution in [0.15, 0.2) is 30.3 Å². The van der Waals surface area contributed by atoms with Crippen molar-refractivity contribution in [1.29, 1.82) is 0 Å². The zero-order valence-corrected chi connectivity index (χ0v) is 12.9. The minimum atomic E-state index is -3.84. The Balaban J connectivity index is 2.20. The Hall–Kier alpha value is -2.68. The summed E-state index contributed by atoms with van der Waals surface area (Å²) in [6, 6.07) is 4.98. The van der Waals surface area contributed by atoms with Gasteiger partial charge in [0.2, 0.25) is 5.91 Å². The average molecular weight is 338 g/mol. The molecule has 3 N–H and O–H groups in total. The fraction of sp³-hybridized carbons (Fsp3) is 0.214. The Labute approximate surface area is 132 Å². The van der Waals surface area contributed by atoms with Gasteiger partial charge in [0.15, 0.2) is 0 Å². The maximum absolute atomic E-state index is 11.7. The van der Waals surface area contributed by atoms with E-state index in [-0.39, 0.29) is 11.3 Å². The van der Waals surface area contributed by atoms with Gasteiger partial charge in [0.05, 0.1) is 0 Å². The maximum Gasteiger partial charge on any atom is 0.326 e. The molecule has 9 heteroatoms. The molecule has 0 aromatic heterocycles. The zero-order valence-electron chi connectivity index (χ0n) is 12.1. The summed E-state index contributed by atoms with van der Waals surface area (Å²) in [5, 5.41) is 11.4. The Morgan fingerprint density at radius 2 is 1.87 bits per heavy atom. The van der Waals surface area contributed by atoms with Crippen LogP contribution in [0.2, 0.25) is 0 Å². The lowest BCUT2D eigenvalue weighted by Crippen LogP contribution is -2.41. The number of carboxylic acid groups (broad SMARTS) is 1. The van der Waals surface area contributed by atoms with E-state index in [1.807, 2.05) is 4.72 Å². The number of hydrogen-bond donors (Lipinski definition) is 3. The molecule has 1 aromatic rings. The summed E-state index contributed by atoms with van der Waals surface area (Å²) < 4.78 is 25.3. The van der Waals surface area contributed by atoms with E-state index >= 15 is 0 Å². The van der Waals surface area contributed by atoms with Crippen LogP contribution < -0.4 is 10.0 Å². The molecule has 1 aliphatic heterocycles. The van der Waals surface area contributed by atoms with E-state index in [9.17, 15) is 22.8 Å². The van der Waals surface area contributed by atoms with Crippen LogP contribution >= 0.6 is 0 Å². The highest BCUT2D eigenvalue weighted by atomic mass is 32.2. The number of amides is 2. The van der Waals surface area contributed by atoms with Crippen LogP contribution in [0, 0.1) is 0 Å². The topological polar surface area (TPSA) is 130 Å². The van der Waals surface area contributed by atoms with Gasteiger partial charge in [0.1, 0.15) is 10.9 Å². The molecule has 2 rings (SSSR count). The smallest absolute Gasteiger partial charge is 0.326 e. The van der Waals surface area contributed by atoms with Crippen molar-refractivity contribution in [1.82, 2.24) is 10.0 Å². The normalized spacial score (nSPS) is 17.1. The fourth-order valence-electron chi connectivity index (χ4n) is 2.14. The largest absolute Gasteiger partial charge is 0.480 e. The van der Waals surface area contributed by atoms with Crippen LogP contribution in [0.1, 0.15) is 18.1 Å². The highest BCUT2D eigenvalue weighted by molar-refractivity contribution is 7.99. The number of carboxylic acids is 1. The lowest BCUT2D eigenvalue weighted by molar-refractivity contribution is -0.141. The van der Waals surface area contributed by atoms with E-state index < -0.39 is 33.8 Å². The van der Waals surface area contributed by atoms with Crippen molar-refractivity contribution in [3.8, 4) is 0 Å². The van der Waals surface area contributed by atoms with Gasteiger partial charge in [0, 0.05) is 19.4 Å². The second kappa shape index (κ2) is 6.21. The van der Waals surface area contributed by atoms with E-state index in [1.165, 1.54) is 19.1 Å². The molecule has 1 atom stereocenters. The van der Waals surface area contributed by atoms with E-state index in [2.05, 4.69) is 5.32 Å². The lowest BCUT2D eigenvalue weighted by atomic mass is 10.0. The predicted molar refractivity (Wildman–Crippen MR) is 80.4 cm³/mol. The van der Waals surface area contributed by atoms with E-state index in [1.54, 1.807) is 12.1 Å². The first-order valence-electron chi connectivity index (χ1n) is 6.57. The quantitative estimate of drug-likeness (QED) is 0.671. The molecule has 1 aromatic carbocycles. The second-order valence-corrected chi connectivity index (χ2v) is 6.62. The highest BCUT2D eigenvalue weighted by Gasteiger charge is 2.28. The molecule has 0 radical (unpaired) electrons. The Morgan fingerprint density at radius 3 is 2.30 bits per heavy atom. The molecular weight excluding hydrogens is 324 g/mol. The molecule has 1 heterocycles. The van der Waals surface area contributed by atoms with Crippen LogP contribution in [0.3, 0.4) is 0 Å². The third kappa shape index (κ3) is 3.95. The van der Waals surface area contributed by atoms with Gasteiger partial charge >= 0.3 is 5.97 Å². The van der Waals surface area contributed by atoms with Gasteiger partial charge in [-0.25, -0.2) is 17.9 Å². The van der Waals surface area contributed by atoms with Gasteiger partial charge in [-0.15, -0.1) is 0 Å². The minimum Gasteiger partial charge on any atom is -0.480 e. The Morgan fingerprint density at radius 1 is 1.26 bits per heavy atom. The number of rotatable bonds is 5. The van der Waals surface area contributed by atoms with Crippen molar-refractivity contribution < 1.29 is 27.9 Å². The number of sulfonamides is 1. The number of nitrogens with one attached hydrogen (secondary N) is 2. The molecule has 0 bridgehead atoms. The van der Waals surface area contributed by atoms with Crippen molar-refractivity contribution in [2.45, 2.75) is 19.4 Å². The average Bonchev–Trinajstić information content (AvgIpc) is 2.71. The van der Waals surface area contributed by atoms with Gasteiger partial charge in [0.25, 0.3) is 15.9 Å². The Kier molecular flexibility index (Phi) is 4.50. The summed E-state index contributed by atoms with van der Waals surface area (Å²) in [5.41, 5.74) is 0.920. The van der Waals surface area contributed by atoms with Gasteiger partial charge in [-0.2, -0.15) is 0 Å². The first-order chi connectivity index (χ1) is 10.7. The van der Waals surface area contributed by atoms with Crippen LogP contribution in [0.25, 0.3) is 4.91 Å². The fourth-order valence-corrected chi connectivity index (χ4v) is 3.28. The number of benzene rings is 1. The lowest BCUT2D eigenvalue weighted by Gasteiger charge is -2.13. The second-order valence-electron chi connectivity index (χ2n) is 4.97. The van der Waals surface area contributed by atoms with Gasteiger partial charge < -0.3 is 10.4 Å². The molecule has 1 aliphatic rings. The van der Waals surface area contributed by atoms with Gasteiger partial charge in [-0.1, -0.05) is 24.3 Å². The summed E-state index contributed by atoms with van der Waals surface area (Å²) >= 11 is 0. The first kappa shape index (κ1) is 16.7. The van der Waals surface area contributed by atoms with E-state index in [0.717, 1.165) is 6.08 Å².